The molecule has 3 aromatic carbocycles. The largest absolute Gasteiger partial charge is 0.507 e. The topological polar surface area (TPSA) is 57.5 Å². The molecule has 2 unspecified atom stereocenters. The van der Waals surface area contributed by atoms with Crippen molar-refractivity contribution in [1.82, 2.24) is 0 Å². The quantitative estimate of drug-likeness (QED) is 0.437. The molecule has 0 saturated carbocycles. The molecule has 0 aromatic heterocycles. The maximum Gasteiger partial charge on any atom is 0.339 e. The van der Waals surface area contributed by atoms with Crippen LogP contribution in [-0.4, -0.2) is 43.5 Å². The molecule has 0 amide bonds. The SMILES string of the molecule is CC(c1ccccc1)c1cc(C(=O)O)c(O)c(C(C)c2ccccc2)c1.[Pb]. The number of phenols is 1. The summed E-state index contributed by atoms with van der Waals surface area (Å²) in [6.07, 6.45) is 0. The van der Waals surface area contributed by atoms with Crippen molar-refractivity contribution in [3.8, 4) is 5.75 Å². The second-order valence-corrected chi connectivity index (χ2v) is 6.58. The van der Waals surface area contributed by atoms with E-state index in [1.54, 1.807) is 6.07 Å². The van der Waals surface area contributed by atoms with Crippen LogP contribution in [0.25, 0.3) is 0 Å². The van der Waals surface area contributed by atoms with Crippen molar-refractivity contribution in [2.75, 3.05) is 0 Å². The fourth-order valence-electron chi connectivity index (χ4n) is 3.28. The Balaban J connectivity index is 0.00000261. The molecule has 0 bridgehead atoms. The summed E-state index contributed by atoms with van der Waals surface area (Å²) >= 11 is 0. The number of carboxylic acid groups (broad SMARTS) is 1. The molecule has 0 aliphatic carbocycles. The number of benzene rings is 3. The average molecular weight is 554 g/mol. The standard InChI is InChI=1S/C23H22O3.Pb/c1-15(17-9-5-3-6-10-17)19-13-20(22(24)21(14-19)23(25)26)16(2)18-11-7-4-8-12-18;/h3-16,24H,1-2H3,(H,25,26);. The van der Waals surface area contributed by atoms with E-state index in [4.69, 9.17) is 0 Å². The minimum absolute atomic E-state index is 0. The van der Waals surface area contributed by atoms with E-state index in [1.165, 1.54) is 0 Å². The van der Waals surface area contributed by atoms with Crippen molar-refractivity contribution in [2.45, 2.75) is 25.7 Å². The van der Waals surface area contributed by atoms with Crippen LogP contribution in [0.2, 0.25) is 0 Å². The van der Waals surface area contributed by atoms with E-state index >= 15 is 0 Å². The number of aromatic hydroxyl groups is 1. The zero-order chi connectivity index (χ0) is 18.7. The zero-order valence-corrected chi connectivity index (χ0v) is 19.3. The maximum atomic E-state index is 11.7. The molecule has 0 aliphatic rings. The first-order chi connectivity index (χ1) is 12.5. The Kier molecular flexibility index (Phi) is 7.19. The van der Waals surface area contributed by atoms with E-state index in [2.05, 4.69) is 0 Å². The average Bonchev–Trinajstić information content (AvgIpc) is 2.68. The minimum atomic E-state index is -1.12. The molecule has 2 N–H and O–H groups in total. The summed E-state index contributed by atoms with van der Waals surface area (Å²) in [6, 6.07) is 23.2. The van der Waals surface area contributed by atoms with E-state index in [1.807, 2.05) is 80.6 Å². The number of aromatic carboxylic acids is 1. The van der Waals surface area contributed by atoms with Crippen molar-refractivity contribution < 1.29 is 15.0 Å². The summed E-state index contributed by atoms with van der Waals surface area (Å²) in [4.78, 5) is 11.7. The van der Waals surface area contributed by atoms with Crippen molar-refractivity contribution in [2.24, 2.45) is 0 Å². The Labute approximate surface area is 179 Å². The monoisotopic (exact) mass is 554 g/mol. The second-order valence-electron chi connectivity index (χ2n) is 6.58. The Morgan fingerprint density at radius 1 is 0.778 bits per heavy atom. The van der Waals surface area contributed by atoms with E-state index in [-0.39, 0.29) is 50.4 Å². The normalized spacial score (nSPS) is 12.7. The fourth-order valence-corrected chi connectivity index (χ4v) is 3.28. The number of carbonyl (C=O) groups is 1. The summed E-state index contributed by atoms with van der Waals surface area (Å²) in [6.45, 7) is 4.03. The van der Waals surface area contributed by atoms with Crippen LogP contribution in [0.3, 0.4) is 0 Å². The molecule has 0 spiro atoms. The van der Waals surface area contributed by atoms with Gasteiger partial charge >= 0.3 is 5.97 Å². The number of hydrogen-bond acceptors (Lipinski definition) is 2. The summed E-state index contributed by atoms with van der Waals surface area (Å²) in [5.41, 5.74) is 3.60. The smallest absolute Gasteiger partial charge is 0.339 e. The van der Waals surface area contributed by atoms with Crippen molar-refractivity contribution in [3.05, 3.63) is 101 Å². The van der Waals surface area contributed by atoms with Gasteiger partial charge in [-0.3, -0.25) is 0 Å². The number of carboxylic acids is 1. The first-order valence-corrected chi connectivity index (χ1v) is 8.69. The van der Waals surface area contributed by atoms with Crippen LogP contribution in [0.1, 0.15) is 58.3 Å². The van der Waals surface area contributed by atoms with E-state index < -0.39 is 5.97 Å². The van der Waals surface area contributed by atoms with Crippen LogP contribution < -0.4 is 0 Å². The van der Waals surface area contributed by atoms with Crippen LogP contribution >= 0.6 is 0 Å². The van der Waals surface area contributed by atoms with Crippen LogP contribution in [0.5, 0.6) is 5.75 Å². The van der Waals surface area contributed by atoms with Gasteiger partial charge < -0.3 is 10.2 Å². The van der Waals surface area contributed by atoms with Crippen molar-refractivity contribution >= 4 is 33.3 Å². The molecule has 4 radical (unpaired) electrons. The number of hydrogen-bond donors (Lipinski definition) is 2. The maximum absolute atomic E-state index is 11.7. The molecule has 0 fully saturated rings. The molecule has 3 rings (SSSR count). The van der Waals surface area contributed by atoms with Gasteiger partial charge in [-0.15, -0.1) is 0 Å². The van der Waals surface area contributed by atoms with Gasteiger partial charge in [-0.25, -0.2) is 4.79 Å². The molecule has 27 heavy (non-hydrogen) atoms. The van der Waals surface area contributed by atoms with Gasteiger partial charge in [-0.2, -0.15) is 0 Å². The first-order valence-electron chi connectivity index (χ1n) is 8.69. The summed E-state index contributed by atoms with van der Waals surface area (Å²) in [5.74, 6) is -1.36. The molecule has 0 heterocycles. The molecule has 4 heteroatoms. The molecular formula is C23H22O3Pb. The van der Waals surface area contributed by atoms with Crippen LogP contribution in [-0.2, 0) is 0 Å². The third-order valence-corrected chi connectivity index (χ3v) is 4.96. The predicted molar refractivity (Wildman–Crippen MR) is 109 cm³/mol. The van der Waals surface area contributed by atoms with Gasteiger partial charge in [0.05, 0.1) is 0 Å². The summed E-state index contributed by atoms with van der Waals surface area (Å²) < 4.78 is 0. The van der Waals surface area contributed by atoms with Crippen LogP contribution in [0.4, 0.5) is 0 Å². The Morgan fingerprint density at radius 2 is 1.26 bits per heavy atom. The Bertz CT molecular complexity index is 908. The van der Waals surface area contributed by atoms with Crippen LogP contribution in [0.15, 0.2) is 72.8 Å². The van der Waals surface area contributed by atoms with E-state index in [0.717, 1.165) is 16.7 Å². The van der Waals surface area contributed by atoms with Gasteiger partial charge in [0.25, 0.3) is 0 Å². The Hall–Kier alpha value is -2.15. The predicted octanol–water partition coefficient (Wildman–Crippen LogP) is 5.01. The van der Waals surface area contributed by atoms with Gasteiger partial charge in [-0.05, 0) is 22.8 Å². The van der Waals surface area contributed by atoms with E-state index in [9.17, 15) is 15.0 Å². The molecule has 3 nitrogen and oxygen atoms in total. The minimum Gasteiger partial charge on any atom is -0.507 e. The van der Waals surface area contributed by atoms with Gasteiger partial charge in [-0.1, -0.05) is 80.6 Å². The fraction of sp³-hybridized carbons (Fsp3) is 0.174. The molecule has 136 valence electrons. The van der Waals surface area contributed by atoms with E-state index in [0.29, 0.717) is 5.56 Å². The molecule has 2 atom stereocenters. The molecule has 0 saturated heterocycles. The third kappa shape index (κ3) is 4.58. The third-order valence-electron chi connectivity index (χ3n) is 4.96. The summed E-state index contributed by atoms with van der Waals surface area (Å²) in [7, 11) is 0. The van der Waals surface area contributed by atoms with Gasteiger partial charge in [0.15, 0.2) is 0 Å². The molecule has 3 aromatic rings. The first kappa shape index (κ1) is 21.2. The van der Waals surface area contributed by atoms with Gasteiger partial charge in [0.2, 0.25) is 0 Å². The van der Waals surface area contributed by atoms with Crippen LogP contribution in [0, 0.1) is 0 Å². The second kappa shape index (κ2) is 9.17. The van der Waals surface area contributed by atoms with Crippen molar-refractivity contribution in [3.63, 3.8) is 0 Å². The summed E-state index contributed by atoms with van der Waals surface area (Å²) in [5, 5.41) is 20.1. The Morgan fingerprint density at radius 3 is 1.74 bits per heavy atom. The molecular weight excluding hydrogens is 531 g/mol. The van der Waals surface area contributed by atoms with Gasteiger partial charge in [0.1, 0.15) is 11.3 Å². The van der Waals surface area contributed by atoms with Crippen molar-refractivity contribution in [1.29, 1.82) is 0 Å². The van der Waals surface area contributed by atoms with Gasteiger partial charge in [0, 0.05) is 44.7 Å². The number of rotatable bonds is 5. The zero-order valence-electron chi connectivity index (χ0n) is 15.4. The molecule has 0 aliphatic heterocycles.